The molecule has 2 aromatic rings. The van der Waals surface area contributed by atoms with Gasteiger partial charge in [0.2, 0.25) is 0 Å². The van der Waals surface area contributed by atoms with E-state index >= 15 is 0 Å². The lowest BCUT2D eigenvalue weighted by Gasteiger charge is -2.43. The van der Waals surface area contributed by atoms with Crippen LogP contribution in [0.2, 0.25) is 0 Å². The van der Waals surface area contributed by atoms with E-state index < -0.39 is 0 Å². The zero-order chi connectivity index (χ0) is 18.7. The number of nitrogens with zero attached hydrogens (tertiary/aromatic N) is 1. The van der Waals surface area contributed by atoms with Gasteiger partial charge in [-0.25, -0.2) is 0 Å². The van der Waals surface area contributed by atoms with Gasteiger partial charge in [0.25, 0.3) is 5.91 Å². The van der Waals surface area contributed by atoms with E-state index in [0.29, 0.717) is 12.1 Å². The normalized spacial score (nSPS) is 19.9. The number of benzene rings is 1. The van der Waals surface area contributed by atoms with Crippen molar-refractivity contribution in [1.82, 2.24) is 10.2 Å². The monoisotopic (exact) mass is 368 g/mol. The van der Waals surface area contributed by atoms with Crippen LogP contribution in [0.25, 0.3) is 11.3 Å². The van der Waals surface area contributed by atoms with Crippen LogP contribution in [0.3, 0.4) is 0 Å². The van der Waals surface area contributed by atoms with E-state index in [9.17, 15) is 4.79 Å². The molecule has 0 radical (unpaired) electrons. The van der Waals surface area contributed by atoms with Gasteiger partial charge in [0, 0.05) is 36.3 Å². The molecule has 1 saturated heterocycles. The molecule has 1 aliphatic heterocycles. The summed E-state index contributed by atoms with van der Waals surface area (Å²) < 4.78 is 11.2. The van der Waals surface area contributed by atoms with Crippen molar-refractivity contribution in [2.75, 3.05) is 32.8 Å². The number of furan rings is 1. The maximum absolute atomic E-state index is 12.8. The van der Waals surface area contributed by atoms with Crippen LogP contribution in [-0.2, 0) is 4.74 Å². The van der Waals surface area contributed by atoms with Gasteiger partial charge in [-0.15, -0.1) is 0 Å². The molecule has 1 aromatic carbocycles. The van der Waals surface area contributed by atoms with Crippen LogP contribution in [0.4, 0.5) is 0 Å². The summed E-state index contributed by atoms with van der Waals surface area (Å²) >= 11 is 0. The van der Waals surface area contributed by atoms with Gasteiger partial charge >= 0.3 is 0 Å². The van der Waals surface area contributed by atoms with E-state index in [1.54, 1.807) is 0 Å². The van der Waals surface area contributed by atoms with Crippen LogP contribution in [-0.4, -0.2) is 49.2 Å². The predicted molar refractivity (Wildman–Crippen MR) is 105 cm³/mol. The van der Waals surface area contributed by atoms with Gasteiger partial charge < -0.3 is 14.5 Å². The van der Waals surface area contributed by atoms with E-state index in [2.05, 4.69) is 10.2 Å². The molecule has 0 unspecified atom stereocenters. The third kappa shape index (κ3) is 3.94. The maximum Gasteiger partial charge on any atom is 0.251 e. The second kappa shape index (κ2) is 7.87. The minimum absolute atomic E-state index is 0.0142. The Bertz CT molecular complexity index is 786. The first-order chi connectivity index (χ1) is 13.2. The van der Waals surface area contributed by atoms with Gasteiger partial charge in [-0.3, -0.25) is 9.69 Å². The molecule has 1 amide bonds. The van der Waals surface area contributed by atoms with Crippen LogP contribution >= 0.6 is 0 Å². The van der Waals surface area contributed by atoms with Crippen molar-refractivity contribution in [3.63, 3.8) is 0 Å². The number of carbonyl (C=O) groups excluding carboxylic acids is 1. The Morgan fingerprint density at radius 2 is 1.93 bits per heavy atom. The fourth-order valence-corrected chi connectivity index (χ4v) is 4.43. The lowest BCUT2D eigenvalue weighted by Crippen LogP contribution is -2.57. The molecule has 2 fully saturated rings. The van der Waals surface area contributed by atoms with E-state index in [0.717, 1.165) is 56.2 Å². The minimum Gasteiger partial charge on any atom is -0.461 e. The SMILES string of the molecule is Cc1ccc(-c2cccc(C(=O)NCC3(N4CCOCC4)CCCC3)c2)o1. The molecule has 1 N–H and O–H groups in total. The molecule has 5 nitrogen and oxygen atoms in total. The van der Waals surface area contributed by atoms with Crippen LogP contribution in [0, 0.1) is 6.92 Å². The number of amides is 1. The Labute approximate surface area is 160 Å². The summed E-state index contributed by atoms with van der Waals surface area (Å²) in [7, 11) is 0. The number of nitrogens with one attached hydrogen (secondary N) is 1. The fourth-order valence-electron chi connectivity index (χ4n) is 4.43. The summed E-state index contributed by atoms with van der Waals surface area (Å²) in [6.07, 6.45) is 4.78. The number of rotatable bonds is 5. The molecule has 0 bridgehead atoms. The summed E-state index contributed by atoms with van der Waals surface area (Å²) in [5.74, 6) is 1.65. The highest BCUT2D eigenvalue weighted by molar-refractivity contribution is 5.95. The fraction of sp³-hybridized carbons (Fsp3) is 0.500. The van der Waals surface area contributed by atoms with Crippen molar-refractivity contribution >= 4 is 5.91 Å². The summed E-state index contributed by atoms with van der Waals surface area (Å²) in [5.41, 5.74) is 1.70. The van der Waals surface area contributed by atoms with Crippen LogP contribution in [0.5, 0.6) is 0 Å². The standard InChI is InChI=1S/C22H28N2O3/c1-17-7-8-20(27-17)18-5-4-6-19(15-18)21(25)23-16-22(9-2-3-10-22)24-11-13-26-14-12-24/h4-8,15H,2-3,9-14,16H2,1H3,(H,23,25). The first-order valence-corrected chi connectivity index (χ1v) is 9.94. The zero-order valence-electron chi connectivity index (χ0n) is 16.0. The largest absolute Gasteiger partial charge is 0.461 e. The van der Waals surface area contributed by atoms with Crippen molar-refractivity contribution in [1.29, 1.82) is 0 Å². The third-order valence-electron chi connectivity index (χ3n) is 5.94. The Kier molecular flexibility index (Phi) is 5.32. The number of hydrogen-bond acceptors (Lipinski definition) is 4. The first-order valence-electron chi connectivity index (χ1n) is 9.94. The van der Waals surface area contributed by atoms with Crippen molar-refractivity contribution < 1.29 is 13.9 Å². The van der Waals surface area contributed by atoms with Gasteiger partial charge in [0.15, 0.2) is 0 Å². The summed E-state index contributed by atoms with van der Waals surface area (Å²) in [4.78, 5) is 15.4. The van der Waals surface area contributed by atoms with E-state index in [1.165, 1.54) is 12.8 Å². The van der Waals surface area contributed by atoms with Crippen molar-refractivity contribution in [2.45, 2.75) is 38.1 Å². The van der Waals surface area contributed by atoms with Crippen LogP contribution in [0.15, 0.2) is 40.8 Å². The molecular formula is C22H28N2O3. The number of ether oxygens (including phenoxy) is 1. The molecule has 1 aliphatic carbocycles. The predicted octanol–water partition coefficient (Wildman–Crippen LogP) is 3.63. The minimum atomic E-state index is -0.0142. The van der Waals surface area contributed by atoms with Crippen molar-refractivity contribution in [3.8, 4) is 11.3 Å². The van der Waals surface area contributed by atoms with Gasteiger partial charge in [0.1, 0.15) is 11.5 Å². The summed E-state index contributed by atoms with van der Waals surface area (Å²) in [5, 5.41) is 3.21. The molecule has 5 heteroatoms. The topological polar surface area (TPSA) is 54.7 Å². The van der Waals surface area contributed by atoms with Gasteiger partial charge in [-0.1, -0.05) is 25.0 Å². The Hall–Kier alpha value is -2.11. The second-order valence-corrected chi connectivity index (χ2v) is 7.70. The Morgan fingerprint density at radius 3 is 2.63 bits per heavy atom. The molecule has 2 heterocycles. The lowest BCUT2D eigenvalue weighted by atomic mass is 9.94. The molecule has 27 heavy (non-hydrogen) atoms. The highest BCUT2D eigenvalue weighted by Crippen LogP contribution is 2.35. The van der Waals surface area contributed by atoms with Crippen molar-refractivity contribution in [2.24, 2.45) is 0 Å². The number of carbonyl (C=O) groups is 1. The molecule has 1 saturated carbocycles. The van der Waals surface area contributed by atoms with E-state index in [1.807, 2.05) is 43.3 Å². The number of hydrogen-bond donors (Lipinski definition) is 1. The number of morpholine rings is 1. The Morgan fingerprint density at radius 1 is 1.15 bits per heavy atom. The molecule has 1 aromatic heterocycles. The Balaban J connectivity index is 1.45. The zero-order valence-corrected chi connectivity index (χ0v) is 16.0. The van der Waals surface area contributed by atoms with Gasteiger partial charge in [-0.05, 0) is 44.0 Å². The van der Waals surface area contributed by atoms with Crippen LogP contribution < -0.4 is 5.32 Å². The first kappa shape index (κ1) is 18.3. The van der Waals surface area contributed by atoms with Crippen LogP contribution in [0.1, 0.15) is 41.8 Å². The van der Waals surface area contributed by atoms with E-state index in [4.69, 9.17) is 9.15 Å². The second-order valence-electron chi connectivity index (χ2n) is 7.70. The van der Waals surface area contributed by atoms with E-state index in [-0.39, 0.29) is 11.4 Å². The lowest BCUT2D eigenvalue weighted by molar-refractivity contribution is -0.0199. The molecule has 4 rings (SSSR count). The van der Waals surface area contributed by atoms with Gasteiger partial charge in [0.05, 0.1) is 13.2 Å². The molecule has 2 aliphatic rings. The maximum atomic E-state index is 12.8. The highest BCUT2D eigenvalue weighted by Gasteiger charge is 2.40. The highest BCUT2D eigenvalue weighted by atomic mass is 16.5. The average molecular weight is 368 g/mol. The molecule has 144 valence electrons. The summed E-state index contributed by atoms with van der Waals surface area (Å²) in [6.45, 7) is 6.13. The van der Waals surface area contributed by atoms with Crippen molar-refractivity contribution in [3.05, 3.63) is 47.7 Å². The molecule has 0 atom stereocenters. The number of aryl methyl sites for hydroxylation is 1. The summed E-state index contributed by atoms with van der Waals surface area (Å²) in [6, 6.07) is 11.5. The molecular weight excluding hydrogens is 340 g/mol. The average Bonchev–Trinajstić information content (AvgIpc) is 3.37. The third-order valence-corrected chi connectivity index (χ3v) is 5.94. The van der Waals surface area contributed by atoms with Gasteiger partial charge in [-0.2, -0.15) is 0 Å². The quantitative estimate of drug-likeness (QED) is 0.876. The smallest absolute Gasteiger partial charge is 0.251 e. The molecule has 0 spiro atoms.